The minimum Gasteiger partial charge on any atom is -0.481 e. The molecule has 0 spiro atoms. The van der Waals surface area contributed by atoms with Crippen molar-refractivity contribution in [1.82, 2.24) is 9.97 Å². The van der Waals surface area contributed by atoms with Gasteiger partial charge in [-0.05, 0) is 25.7 Å². The number of ether oxygens (including phenoxy) is 1. The second-order valence-corrected chi connectivity index (χ2v) is 4.10. The predicted molar refractivity (Wildman–Crippen MR) is 60.5 cm³/mol. The van der Waals surface area contributed by atoms with Crippen LogP contribution in [0.4, 0.5) is 5.82 Å². The highest BCUT2D eigenvalue weighted by Gasteiger charge is 2.19. The van der Waals surface area contributed by atoms with E-state index in [1.807, 2.05) is 0 Å². The zero-order valence-electron chi connectivity index (χ0n) is 9.39. The summed E-state index contributed by atoms with van der Waals surface area (Å²) in [5.74, 6) is 1.35. The second-order valence-electron chi connectivity index (χ2n) is 4.10. The molecule has 0 aliphatic heterocycles. The average Bonchev–Trinajstić information content (AvgIpc) is 2.32. The molecular weight excluding hydrogens is 206 g/mol. The maximum absolute atomic E-state index is 9.40. The van der Waals surface area contributed by atoms with Gasteiger partial charge in [-0.1, -0.05) is 0 Å². The van der Waals surface area contributed by atoms with Crippen molar-refractivity contribution in [3.63, 3.8) is 0 Å². The van der Waals surface area contributed by atoms with Gasteiger partial charge >= 0.3 is 0 Å². The van der Waals surface area contributed by atoms with E-state index in [2.05, 4.69) is 15.3 Å². The van der Waals surface area contributed by atoms with Crippen molar-refractivity contribution in [3.05, 3.63) is 12.4 Å². The van der Waals surface area contributed by atoms with E-state index in [0.717, 1.165) is 31.5 Å². The van der Waals surface area contributed by atoms with Gasteiger partial charge in [-0.15, -0.1) is 0 Å². The Bertz CT molecular complexity index is 338. The molecular formula is C11H17N3O2. The van der Waals surface area contributed by atoms with Crippen LogP contribution >= 0.6 is 0 Å². The fourth-order valence-electron chi connectivity index (χ4n) is 1.96. The van der Waals surface area contributed by atoms with Gasteiger partial charge in [0.25, 0.3) is 0 Å². The number of anilines is 1. The molecule has 1 saturated carbocycles. The molecule has 1 aliphatic rings. The lowest BCUT2D eigenvalue weighted by atomic mass is 9.93. The first kappa shape index (κ1) is 11.1. The van der Waals surface area contributed by atoms with E-state index in [-0.39, 0.29) is 6.10 Å². The number of nitrogens with zero attached hydrogens (tertiary/aromatic N) is 2. The van der Waals surface area contributed by atoms with Gasteiger partial charge in [-0.2, -0.15) is 0 Å². The van der Waals surface area contributed by atoms with Crippen LogP contribution in [0.25, 0.3) is 0 Å². The first-order valence-electron chi connectivity index (χ1n) is 5.58. The van der Waals surface area contributed by atoms with E-state index < -0.39 is 0 Å². The highest BCUT2D eigenvalue weighted by Crippen LogP contribution is 2.22. The van der Waals surface area contributed by atoms with Gasteiger partial charge in [0.15, 0.2) is 0 Å². The maximum atomic E-state index is 9.40. The molecule has 88 valence electrons. The Kier molecular flexibility index (Phi) is 3.56. The van der Waals surface area contributed by atoms with Crippen LogP contribution in [0, 0.1) is 0 Å². The smallest absolute Gasteiger partial charge is 0.218 e. The van der Waals surface area contributed by atoms with Crippen molar-refractivity contribution in [3.8, 4) is 5.88 Å². The molecule has 1 heterocycles. The summed E-state index contributed by atoms with van der Waals surface area (Å²) in [5, 5.41) is 12.7. The molecule has 16 heavy (non-hydrogen) atoms. The second kappa shape index (κ2) is 5.12. The average molecular weight is 223 g/mol. The topological polar surface area (TPSA) is 67.3 Å². The largest absolute Gasteiger partial charge is 0.481 e. The first-order valence-corrected chi connectivity index (χ1v) is 5.58. The molecule has 0 saturated heterocycles. The summed E-state index contributed by atoms with van der Waals surface area (Å²) in [6.45, 7) is 0. The Labute approximate surface area is 94.9 Å². The van der Waals surface area contributed by atoms with Gasteiger partial charge in [0.05, 0.1) is 13.2 Å². The molecule has 0 atom stereocenters. The Morgan fingerprint density at radius 1 is 1.31 bits per heavy atom. The van der Waals surface area contributed by atoms with Gasteiger partial charge in [-0.3, -0.25) is 0 Å². The van der Waals surface area contributed by atoms with Crippen LogP contribution in [-0.4, -0.2) is 34.3 Å². The lowest BCUT2D eigenvalue weighted by Crippen LogP contribution is -2.28. The van der Waals surface area contributed by atoms with Crippen molar-refractivity contribution >= 4 is 5.82 Å². The monoisotopic (exact) mass is 223 g/mol. The van der Waals surface area contributed by atoms with E-state index in [0.29, 0.717) is 11.9 Å². The quantitative estimate of drug-likeness (QED) is 0.806. The van der Waals surface area contributed by atoms with Crippen molar-refractivity contribution < 1.29 is 9.84 Å². The molecule has 1 aliphatic carbocycles. The maximum Gasteiger partial charge on any atom is 0.218 e. The number of hydrogen-bond donors (Lipinski definition) is 2. The Balaban J connectivity index is 1.93. The molecule has 2 rings (SSSR count). The fourth-order valence-corrected chi connectivity index (χ4v) is 1.96. The third-order valence-electron chi connectivity index (χ3n) is 2.90. The van der Waals surface area contributed by atoms with E-state index in [1.165, 1.54) is 6.33 Å². The molecule has 5 heteroatoms. The van der Waals surface area contributed by atoms with Crippen LogP contribution in [0.2, 0.25) is 0 Å². The Morgan fingerprint density at radius 3 is 2.75 bits per heavy atom. The van der Waals surface area contributed by atoms with Crippen LogP contribution in [0.5, 0.6) is 5.88 Å². The lowest BCUT2D eigenvalue weighted by Gasteiger charge is -2.26. The summed E-state index contributed by atoms with van der Waals surface area (Å²) in [6.07, 6.45) is 5.04. The molecule has 0 bridgehead atoms. The summed E-state index contributed by atoms with van der Waals surface area (Å²) in [7, 11) is 1.59. The Morgan fingerprint density at radius 2 is 2.06 bits per heavy atom. The highest BCUT2D eigenvalue weighted by molar-refractivity contribution is 5.38. The van der Waals surface area contributed by atoms with Crippen LogP contribution in [0.3, 0.4) is 0 Å². The van der Waals surface area contributed by atoms with E-state index >= 15 is 0 Å². The number of aliphatic hydroxyl groups excluding tert-OH is 1. The highest BCUT2D eigenvalue weighted by atomic mass is 16.5. The number of aromatic nitrogens is 2. The third-order valence-corrected chi connectivity index (χ3v) is 2.90. The predicted octanol–water partition coefficient (Wildman–Crippen LogP) is 1.20. The van der Waals surface area contributed by atoms with Gasteiger partial charge in [0, 0.05) is 12.1 Å². The van der Waals surface area contributed by atoms with Gasteiger partial charge in [-0.25, -0.2) is 9.97 Å². The van der Waals surface area contributed by atoms with Crippen LogP contribution in [-0.2, 0) is 0 Å². The number of hydrogen-bond acceptors (Lipinski definition) is 5. The molecule has 0 amide bonds. The number of rotatable bonds is 3. The van der Waals surface area contributed by atoms with Gasteiger partial charge < -0.3 is 15.2 Å². The lowest BCUT2D eigenvalue weighted by molar-refractivity contribution is 0.126. The van der Waals surface area contributed by atoms with Crippen molar-refractivity contribution in [1.29, 1.82) is 0 Å². The van der Waals surface area contributed by atoms with E-state index in [4.69, 9.17) is 4.74 Å². The summed E-state index contributed by atoms with van der Waals surface area (Å²) in [5.41, 5.74) is 0. The summed E-state index contributed by atoms with van der Waals surface area (Å²) >= 11 is 0. The zero-order chi connectivity index (χ0) is 11.4. The minimum atomic E-state index is -0.127. The number of methoxy groups -OCH3 is 1. The van der Waals surface area contributed by atoms with Crippen molar-refractivity contribution in [2.75, 3.05) is 12.4 Å². The molecule has 0 aromatic carbocycles. The molecule has 1 aromatic rings. The van der Waals surface area contributed by atoms with E-state index in [9.17, 15) is 5.11 Å². The van der Waals surface area contributed by atoms with Gasteiger partial charge in [0.1, 0.15) is 12.1 Å². The summed E-state index contributed by atoms with van der Waals surface area (Å²) in [4.78, 5) is 8.09. The molecule has 1 aromatic heterocycles. The van der Waals surface area contributed by atoms with Crippen molar-refractivity contribution in [2.45, 2.75) is 37.8 Å². The SMILES string of the molecule is COc1cc(NC2CCC(O)CC2)ncn1. The first-order chi connectivity index (χ1) is 7.78. The normalized spacial score (nSPS) is 25.1. The molecule has 5 nitrogen and oxygen atoms in total. The van der Waals surface area contributed by atoms with Crippen molar-refractivity contribution in [2.24, 2.45) is 0 Å². The summed E-state index contributed by atoms with van der Waals surface area (Å²) in [6, 6.07) is 2.17. The number of nitrogens with one attached hydrogen (secondary N) is 1. The fraction of sp³-hybridized carbons (Fsp3) is 0.636. The zero-order valence-corrected chi connectivity index (χ0v) is 9.39. The third kappa shape index (κ3) is 2.82. The van der Waals surface area contributed by atoms with Gasteiger partial charge in [0.2, 0.25) is 5.88 Å². The number of aliphatic hydroxyl groups is 1. The minimum absolute atomic E-state index is 0.127. The summed E-state index contributed by atoms with van der Waals surface area (Å²) < 4.78 is 5.03. The van der Waals surface area contributed by atoms with E-state index in [1.54, 1.807) is 13.2 Å². The molecule has 2 N–H and O–H groups in total. The molecule has 0 radical (unpaired) electrons. The standard InChI is InChI=1S/C11H17N3O2/c1-16-11-6-10(12-7-13-11)14-8-2-4-9(15)5-3-8/h6-9,15H,2-5H2,1H3,(H,12,13,14). The van der Waals surface area contributed by atoms with Crippen LogP contribution < -0.4 is 10.1 Å². The molecule has 1 fully saturated rings. The molecule has 0 unspecified atom stereocenters. The van der Waals surface area contributed by atoms with Crippen LogP contribution in [0.1, 0.15) is 25.7 Å². The Hall–Kier alpha value is -1.36. The van der Waals surface area contributed by atoms with Crippen LogP contribution in [0.15, 0.2) is 12.4 Å².